The molecule has 1 heterocycles. The molecule has 3 nitrogen and oxygen atoms in total. The van der Waals surface area contributed by atoms with Crippen molar-refractivity contribution in [1.82, 2.24) is 10.2 Å². The van der Waals surface area contributed by atoms with Gasteiger partial charge in [-0.25, -0.2) is 0 Å². The molecule has 1 N–H and O–H groups in total. The fourth-order valence-corrected chi connectivity index (χ4v) is 3.41. The summed E-state index contributed by atoms with van der Waals surface area (Å²) < 4.78 is 42.3. The third-order valence-corrected chi connectivity index (χ3v) is 4.60. The molecule has 1 aromatic rings. The first kappa shape index (κ1) is 21.4. The third-order valence-electron chi connectivity index (χ3n) is 4.60. The summed E-state index contributed by atoms with van der Waals surface area (Å²) in [5, 5.41) is 3.30. The normalized spacial score (nSPS) is 20.3. The zero-order valence-electron chi connectivity index (χ0n) is 13.2. The second-order valence-corrected chi connectivity index (χ2v) is 6.01. The Labute approximate surface area is 152 Å². The Morgan fingerprint density at radius 2 is 1.71 bits per heavy atom. The molecule has 2 fully saturated rings. The number of benzene rings is 1. The van der Waals surface area contributed by atoms with Gasteiger partial charge >= 0.3 is 6.36 Å². The van der Waals surface area contributed by atoms with Gasteiger partial charge < -0.3 is 10.1 Å². The minimum absolute atomic E-state index is 0. The van der Waals surface area contributed by atoms with Crippen molar-refractivity contribution in [2.75, 3.05) is 26.2 Å². The topological polar surface area (TPSA) is 24.5 Å². The van der Waals surface area contributed by atoms with Crippen LogP contribution < -0.4 is 10.1 Å². The van der Waals surface area contributed by atoms with Crippen LogP contribution in [0.5, 0.6) is 5.75 Å². The van der Waals surface area contributed by atoms with Gasteiger partial charge in [0.1, 0.15) is 5.75 Å². The van der Waals surface area contributed by atoms with Gasteiger partial charge in [-0.05, 0) is 24.8 Å². The van der Waals surface area contributed by atoms with Crippen LogP contribution in [0.2, 0.25) is 0 Å². The van der Waals surface area contributed by atoms with E-state index < -0.39 is 6.36 Å². The number of piperazine rings is 1. The van der Waals surface area contributed by atoms with Gasteiger partial charge in [-0.15, -0.1) is 38.0 Å². The molecular weight excluding hydrogens is 364 g/mol. The van der Waals surface area contributed by atoms with Gasteiger partial charge in [-0.3, -0.25) is 4.90 Å². The Balaban J connectivity index is 0.00000144. The Morgan fingerprint density at radius 1 is 1.08 bits per heavy atom. The van der Waals surface area contributed by atoms with Crippen LogP contribution in [0.4, 0.5) is 13.2 Å². The SMILES string of the molecule is Cl.Cl.FC(F)(F)Oc1ccccc1[C@@H](C1CCC1)N1CCNCC1. The predicted molar refractivity (Wildman–Crippen MR) is 92.1 cm³/mol. The zero-order valence-corrected chi connectivity index (χ0v) is 14.9. The molecule has 2 aliphatic rings. The molecule has 1 atom stereocenters. The van der Waals surface area contributed by atoms with E-state index in [1.165, 1.54) is 6.07 Å². The van der Waals surface area contributed by atoms with E-state index in [0.29, 0.717) is 11.5 Å². The first-order valence-electron chi connectivity index (χ1n) is 7.84. The van der Waals surface area contributed by atoms with E-state index in [9.17, 15) is 13.2 Å². The van der Waals surface area contributed by atoms with Crippen molar-refractivity contribution < 1.29 is 17.9 Å². The lowest BCUT2D eigenvalue weighted by molar-refractivity contribution is -0.275. The summed E-state index contributed by atoms with van der Waals surface area (Å²) in [6.07, 6.45) is -1.33. The minimum Gasteiger partial charge on any atom is -0.405 e. The highest BCUT2D eigenvalue weighted by Gasteiger charge is 2.38. The molecule has 0 radical (unpaired) electrons. The number of nitrogens with one attached hydrogen (secondary N) is 1. The molecule has 0 spiro atoms. The molecule has 1 saturated heterocycles. The molecule has 1 saturated carbocycles. The smallest absolute Gasteiger partial charge is 0.405 e. The quantitative estimate of drug-likeness (QED) is 0.839. The monoisotopic (exact) mass is 386 g/mol. The van der Waals surface area contributed by atoms with Crippen molar-refractivity contribution in [2.45, 2.75) is 31.7 Å². The van der Waals surface area contributed by atoms with Gasteiger partial charge in [0.2, 0.25) is 0 Å². The van der Waals surface area contributed by atoms with Crippen molar-refractivity contribution in [3.05, 3.63) is 29.8 Å². The maximum Gasteiger partial charge on any atom is 0.573 e. The minimum atomic E-state index is -4.65. The highest BCUT2D eigenvalue weighted by molar-refractivity contribution is 5.85. The van der Waals surface area contributed by atoms with Crippen LogP contribution in [0.3, 0.4) is 0 Å². The van der Waals surface area contributed by atoms with Gasteiger partial charge in [0, 0.05) is 37.8 Å². The highest BCUT2D eigenvalue weighted by atomic mass is 35.5. The molecular formula is C16H23Cl2F3N2O. The number of ether oxygens (including phenoxy) is 1. The summed E-state index contributed by atoms with van der Waals surface area (Å²) in [5.41, 5.74) is 0.673. The fraction of sp³-hybridized carbons (Fsp3) is 0.625. The van der Waals surface area contributed by atoms with E-state index in [4.69, 9.17) is 0 Å². The number of hydrogen-bond donors (Lipinski definition) is 1. The van der Waals surface area contributed by atoms with Crippen LogP contribution in [0.1, 0.15) is 30.9 Å². The summed E-state index contributed by atoms with van der Waals surface area (Å²) in [4.78, 5) is 2.30. The van der Waals surface area contributed by atoms with Crippen molar-refractivity contribution >= 4 is 24.8 Å². The molecule has 1 aromatic carbocycles. The van der Waals surface area contributed by atoms with E-state index in [1.807, 2.05) is 0 Å². The lowest BCUT2D eigenvalue weighted by atomic mass is 9.76. The van der Waals surface area contributed by atoms with Crippen LogP contribution in [0.15, 0.2) is 24.3 Å². The number of alkyl halides is 3. The molecule has 0 bridgehead atoms. The second-order valence-electron chi connectivity index (χ2n) is 6.01. The van der Waals surface area contributed by atoms with Crippen LogP contribution >= 0.6 is 24.8 Å². The molecule has 138 valence electrons. The summed E-state index contributed by atoms with van der Waals surface area (Å²) in [5.74, 6) is 0.376. The van der Waals surface area contributed by atoms with Gasteiger partial charge in [0.05, 0.1) is 0 Å². The number of para-hydroxylation sites is 1. The first-order chi connectivity index (χ1) is 10.5. The fourth-order valence-electron chi connectivity index (χ4n) is 3.41. The van der Waals surface area contributed by atoms with Crippen molar-refractivity contribution in [3.8, 4) is 5.75 Å². The van der Waals surface area contributed by atoms with Crippen LogP contribution in [0.25, 0.3) is 0 Å². The molecule has 1 aliphatic heterocycles. The molecule has 3 rings (SSSR count). The van der Waals surface area contributed by atoms with Crippen LogP contribution in [-0.2, 0) is 0 Å². The molecule has 0 amide bonds. The van der Waals surface area contributed by atoms with E-state index in [1.54, 1.807) is 18.2 Å². The summed E-state index contributed by atoms with van der Waals surface area (Å²) in [7, 11) is 0. The number of halogens is 5. The number of nitrogens with zero attached hydrogens (tertiary/aromatic N) is 1. The van der Waals surface area contributed by atoms with E-state index in [-0.39, 0.29) is 36.6 Å². The number of rotatable bonds is 4. The van der Waals surface area contributed by atoms with Crippen molar-refractivity contribution in [3.63, 3.8) is 0 Å². The summed E-state index contributed by atoms with van der Waals surface area (Å²) in [6, 6.07) is 6.63. The van der Waals surface area contributed by atoms with Gasteiger partial charge in [0.15, 0.2) is 0 Å². The molecule has 0 unspecified atom stereocenters. The van der Waals surface area contributed by atoms with Gasteiger partial charge in [-0.2, -0.15) is 0 Å². The Kier molecular flexibility index (Phi) is 8.12. The van der Waals surface area contributed by atoms with E-state index >= 15 is 0 Å². The van der Waals surface area contributed by atoms with Crippen molar-refractivity contribution in [1.29, 1.82) is 0 Å². The average Bonchev–Trinajstić information content (AvgIpc) is 2.43. The Morgan fingerprint density at radius 3 is 2.25 bits per heavy atom. The maximum absolute atomic E-state index is 12.7. The summed E-state index contributed by atoms with van der Waals surface area (Å²) >= 11 is 0. The van der Waals surface area contributed by atoms with Gasteiger partial charge in [-0.1, -0.05) is 24.6 Å². The number of hydrogen-bond acceptors (Lipinski definition) is 3. The Hall–Kier alpha value is -0.690. The van der Waals surface area contributed by atoms with Gasteiger partial charge in [0.25, 0.3) is 0 Å². The zero-order chi connectivity index (χ0) is 15.6. The standard InChI is InChI=1S/C16H21F3N2O.2ClH/c17-16(18,19)22-14-7-2-1-6-13(14)15(12-4-3-5-12)21-10-8-20-9-11-21;;/h1-2,6-7,12,15,20H,3-5,8-11H2;2*1H/t15-;;/m1../s1. The maximum atomic E-state index is 12.7. The molecule has 1 aliphatic carbocycles. The molecule has 0 aromatic heterocycles. The van der Waals surface area contributed by atoms with Crippen molar-refractivity contribution in [2.24, 2.45) is 5.92 Å². The van der Waals surface area contributed by atoms with E-state index in [2.05, 4.69) is 15.0 Å². The lowest BCUT2D eigenvalue weighted by Gasteiger charge is -2.43. The largest absolute Gasteiger partial charge is 0.573 e. The summed E-state index contributed by atoms with van der Waals surface area (Å²) in [6.45, 7) is 3.49. The molecule has 8 heteroatoms. The van der Waals surface area contributed by atoms with Crippen LogP contribution in [0, 0.1) is 5.92 Å². The average molecular weight is 387 g/mol. The highest BCUT2D eigenvalue weighted by Crippen LogP contribution is 2.44. The predicted octanol–water partition coefficient (Wildman–Crippen LogP) is 4.18. The van der Waals surface area contributed by atoms with E-state index in [0.717, 1.165) is 45.4 Å². The Bertz CT molecular complexity index is 506. The second kappa shape index (κ2) is 9.13. The van der Waals surface area contributed by atoms with Crippen LogP contribution in [-0.4, -0.2) is 37.4 Å². The molecule has 24 heavy (non-hydrogen) atoms. The lowest BCUT2D eigenvalue weighted by Crippen LogP contribution is -2.48. The third kappa shape index (κ3) is 5.15. The first-order valence-corrected chi connectivity index (χ1v) is 7.84.